The smallest absolute Gasteiger partial charge is 0.234 e. The topological polar surface area (TPSA) is 74.2 Å². The molecule has 16 heavy (non-hydrogen) atoms. The predicted molar refractivity (Wildman–Crippen MR) is 61.8 cm³/mol. The van der Waals surface area contributed by atoms with Gasteiger partial charge in [-0.05, 0) is 11.8 Å². The summed E-state index contributed by atoms with van der Waals surface area (Å²) in [6, 6.07) is 1.86. The lowest BCUT2D eigenvalue weighted by molar-refractivity contribution is -0.120. The fraction of sp³-hybridized carbons (Fsp3) is 0.818. The molecule has 0 radical (unpaired) electrons. The first kappa shape index (κ1) is 14.9. The average molecular weight is 227 g/mol. The van der Waals surface area contributed by atoms with Gasteiger partial charge in [0.15, 0.2) is 0 Å². The molecule has 0 fully saturated rings. The molecule has 0 aliphatic rings. The third-order valence-corrected chi connectivity index (χ3v) is 2.24. The lowest BCUT2D eigenvalue weighted by atomic mass is 9.90. The second kappa shape index (κ2) is 8.08. The number of methoxy groups -OCH3 is 1. The monoisotopic (exact) mass is 227 g/mol. The van der Waals surface area contributed by atoms with Gasteiger partial charge in [-0.2, -0.15) is 5.26 Å². The Labute approximate surface area is 97.2 Å². The van der Waals surface area contributed by atoms with E-state index >= 15 is 0 Å². The van der Waals surface area contributed by atoms with Crippen molar-refractivity contribution in [1.82, 2.24) is 10.6 Å². The van der Waals surface area contributed by atoms with Crippen LogP contribution in [0.25, 0.3) is 0 Å². The number of rotatable bonds is 8. The zero-order chi connectivity index (χ0) is 12.4. The molecule has 0 unspecified atom stereocenters. The van der Waals surface area contributed by atoms with E-state index in [1.165, 1.54) is 0 Å². The maximum atomic E-state index is 11.2. The van der Waals surface area contributed by atoms with Gasteiger partial charge < -0.3 is 15.4 Å². The van der Waals surface area contributed by atoms with Crippen LogP contribution in [0, 0.1) is 16.7 Å². The first-order valence-corrected chi connectivity index (χ1v) is 5.35. The van der Waals surface area contributed by atoms with Crippen molar-refractivity contribution in [1.29, 1.82) is 5.26 Å². The van der Waals surface area contributed by atoms with E-state index in [-0.39, 0.29) is 24.4 Å². The summed E-state index contributed by atoms with van der Waals surface area (Å²) in [7, 11) is 1.68. The zero-order valence-electron chi connectivity index (χ0n) is 10.3. The van der Waals surface area contributed by atoms with Crippen LogP contribution in [0.3, 0.4) is 0 Å². The molecule has 0 aromatic heterocycles. The molecular weight excluding hydrogens is 206 g/mol. The highest BCUT2D eigenvalue weighted by Crippen LogP contribution is 2.18. The minimum absolute atomic E-state index is 0.0631. The second-order valence-electron chi connectivity index (χ2n) is 4.45. The molecule has 0 heterocycles. The molecule has 0 aliphatic carbocycles. The van der Waals surface area contributed by atoms with Crippen molar-refractivity contribution >= 4 is 5.91 Å². The van der Waals surface area contributed by atoms with Crippen molar-refractivity contribution in [2.24, 2.45) is 5.41 Å². The Morgan fingerprint density at radius 1 is 1.50 bits per heavy atom. The van der Waals surface area contributed by atoms with Crippen molar-refractivity contribution in [3.8, 4) is 6.07 Å². The van der Waals surface area contributed by atoms with Crippen LogP contribution in [0.15, 0.2) is 0 Å². The van der Waals surface area contributed by atoms with Gasteiger partial charge in [0.25, 0.3) is 0 Å². The molecule has 0 rings (SSSR count). The summed E-state index contributed by atoms with van der Waals surface area (Å²) in [5.74, 6) is -0.149. The van der Waals surface area contributed by atoms with Crippen LogP contribution in [-0.4, -0.2) is 39.3 Å². The molecule has 92 valence electrons. The molecule has 0 aromatic rings. The molecule has 5 nitrogen and oxygen atoms in total. The number of nitrogens with zero attached hydrogens (tertiary/aromatic N) is 1. The van der Waals surface area contributed by atoms with Gasteiger partial charge in [0, 0.05) is 20.3 Å². The Bertz CT molecular complexity index is 246. The molecule has 0 atom stereocenters. The molecule has 0 saturated carbocycles. The van der Waals surface area contributed by atoms with Crippen LogP contribution in [0.5, 0.6) is 0 Å². The molecule has 2 N–H and O–H groups in total. The van der Waals surface area contributed by atoms with E-state index in [2.05, 4.69) is 24.5 Å². The van der Waals surface area contributed by atoms with Crippen LogP contribution < -0.4 is 10.6 Å². The first-order chi connectivity index (χ1) is 7.52. The lowest BCUT2D eigenvalue weighted by Gasteiger charge is -2.24. The summed E-state index contributed by atoms with van der Waals surface area (Å²) in [5, 5.41) is 13.8. The van der Waals surface area contributed by atoms with Gasteiger partial charge in [0.05, 0.1) is 12.6 Å². The van der Waals surface area contributed by atoms with E-state index in [4.69, 9.17) is 10.00 Å². The van der Waals surface area contributed by atoms with Crippen molar-refractivity contribution in [2.75, 3.05) is 33.4 Å². The van der Waals surface area contributed by atoms with Crippen LogP contribution >= 0.6 is 0 Å². The van der Waals surface area contributed by atoms with E-state index in [9.17, 15) is 4.79 Å². The van der Waals surface area contributed by atoms with Crippen molar-refractivity contribution < 1.29 is 9.53 Å². The Morgan fingerprint density at radius 2 is 2.19 bits per heavy atom. The molecule has 0 aromatic carbocycles. The fourth-order valence-corrected chi connectivity index (χ4v) is 1.18. The number of ether oxygens (including phenoxy) is 1. The molecule has 0 saturated heterocycles. The summed E-state index contributed by atoms with van der Waals surface area (Å²) in [6.45, 7) is 6.01. The van der Waals surface area contributed by atoms with Crippen LogP contribution in [-0.2, 0) is 9.53 Å². The molecule has 5 heteroatoms. The van der Waals surface area contributed by atoms with E-state index in [0.717, 1.165) is 19.6 Å². The summed E-state index contributed by atoms with van der Waals surface area (Å²) >= 11 is 0. The highest BCUT2D eigenvalue weighted by atomic mass is 16.5. The number of hydrogen-bond acceptors (Lipinski definition) is 4. The van der Waals surface area contributed by atoms with Gasteiger partial charge in [-0.15, -0.1) is 0 Å². The Balaban J connectivity index is 3.63. The number of carbonyl (C=O) groups is 1. The Kier molecular flexibility index (Phi) is 7.52. The average Bonchev–Trinajstić information content (AvgIpc) is 2.23. The van der Waals surface area contributed by atoms with E-state index in [1.54, 1.807) is 7.11 Å². The Hall–Kier alpha value is -1.12. The van der Waals surface area contributed by atoms with Gasteiger partial charge in [0.2, 0.25) is 5.91 Å². The first-order valence-electron chi connectivity index (χ1n) is 5.35. The zero-order valence-corrected chi connectivity index (χ0v) is 10.3. The molecule has 1 amide bonds. The van der Waals surface area contributed by atoms with Gasteiger partial charge in [-0.1, -0.05) is 13.8 Å². The Morgan fingerprint density at radius 3 is 2.75 bits per heavy atom. The van der Waals surface area contributed by atoms with Gasteiger partial charge in [0.1, 0.15) is 6.54 Å². The highest BCUT2D eigenvalue weighted by Gasteiger charge is 2.17. The third kappa shape index (κ3) is 8.21. The standard InChI is InChI=1S/C11H21N3O2/c1-11(2,4-7-16-3)9-13-8-10(15)14-6-5-12/h13H,4,6-9H2,1-3H3,(H,14,15). The summed E-state index contributed by atoms with van der Waals surface area (Å²) in [5.41, 5.74) is 0.103. The summed E-state index contributed by atoms with van der Waals surface area (Å²) in [6.07, 6.45) is 0.941. The largest absolute Gasteiger partial charge is 0.385 e. The van der Waals surface area contributed by atoms with Gasteiger partial charge >= 0.3 is 0 Å². The van der Waals surface area contributed by atoms with Crippen molar-refractivity contribution in [3.05, 3.63) is 0 Å². The maximum Gasteiger partial charge on any atom is 0.234 e. The summed E-state index contributed by atoms with van der Waals surface area (Å²) in [4.78, 5) is 11.2. The maximum absolute atomic E-state index is 11.2. The van der Waals surface area contributed by atoms with E-state index in [1.807, 2.05) is 6.07 Å². The number of hydrogen-bond donors (Lipinski definition) is 2. The fourth-order valence-electron chi connectivity index (χ4n) is 1.18. The predicted octanol–water partition coefficient (Wildman–Crippen LogP) is 0.278. The van der Waals surface area contributed by atoms with E-state index < -0.39 is 0 Å². The molecule has 0 aliphatic heterocycles. The van der Waals surface area contributed by atoms with E-state index in [0.29, 0.717) is 0 Å². The van der Waals surface area contributed by atoms with Crippen LogP contribution in [0.2, 0.25) is 0 Å². The molecule has 0 spiro atoms. The third-order valence-electron chi connectivity index (χ3n) is 2.24. The van der Waals surface area contributed by atoms with Crippen LogP contribution in [0.1, 0.15) is 20.3 Å². The lowest BCUT2D eigenvalue weighted by Crippen LogP contribution is -2.38. The number of nitrogens with one attached hydrogen (secondary N) is 2. The van der Waals surface area contributed by atoms with Gasteiger partial charge in [-0.25, -0.2) is 0 Å². The second-order valence-corrected chi connectivity index (χ2v) is 4.45. The SMILES string of the molecule is COCCC(C)(C)CNCC(=O)NCC#N. The normalized spacial score (nSPS) is 10.9. The minimum Gasteiger partial charge on any atom is -0.385 e. The minimum atomic E-state index is -0.149. The van der Waals surface area contributed by atoms with Crippen molar-refractivity contribution in [2.45, 2.75) is 20.3 Å². The van der Waals surface area contributed by atoms with Crippen LogP contribution in [0.4, 0.5) is 0 Å². The van der Waals surface area contributed by atoms with Crippen molar-refractivity contribution in [3.63, 3.8) is 0 Å². The molecule has 0 bridgehead atoms. The van der Waals surface area contributed by atoms with Gasteiger partial charge in [-0.3, -0.25) is 4.79 Å². The number of carbonyl (C=O) groups excluding carboxylic acids is 1. The summed E-state index contributed by atoms with van der Waals surface area (Å²) < 4.78 is 5.02. The quantitative estimate of drug-likeness (QED) is 0.584. The molecular formula is C11H21N3O2. The number of amides is 1. The highest BCUT2D eigenvalue weighted by molar-refractivity contribution is 5.78. The number of nitriles is 1.